The van der Waals surface area contributed by atoms with Gasteiger partial charge in [-0.2, -0.15) is 8.42 Å². The van der Waals surface area contributed by atoms with Crippen molar-refractivity contribution in [1.29, 1.82) is 0 Å². The maximum absolute atomic E-state index is 13.1. The van der Waals surface area contributed by atoms with Crippen molar-refractivity contribution in [2.75, 3.05) is 6.61 Å². The average Bonchev–Trinajstić information content (AvgIpc) is 2.15. The van der Waals surface area contributed by atoms with Crippen molar-refractivity contribution in [3.8, 4) is 5.75 Å². The van der Waals surface area contributed by atoms with Crippen molar-refractivity contribution in [1.82, 2.24) is 0 Å². The van der Waals surface area contributed by atoms with Crippen molar-refractivity contribution in [3.05, 3.63) is 34.2 Å². The predicted molar refractivity (Wildman–Crippen MR) is 49.9 cm³/mol. The molecule has 1 aliphatic rings. The highest BCUT2D eigenvalue weighted by Gasteiger charge is 2.24. The molecule has 0 amide bonds. The van der Waals surface area contributed by atoms with Crippen LogP contribution in [0.5, 0.6) is 5.75 Å². The topological polar surface area (TPSA) is 43.4 Å². The van der Waals surface area contributed by atoms with E-state index < -0.39 is 33.4 Å². The lowest BCUT2D eigenvalue weighted by molar-refractivity contribution is 0.330. The maximum Gasteiger partial charge on any atom is 0.331 e. The molecule has 1 aliphatic heterocycles. The molecule has 86 valence electrons. The van der Waals surface area contributed by atoms with E-state index in [0.29, 0.717) is 6.07 Å². The van der Waals surface area contributed by atoms with Gasteiger partial charge in [-0.05, 0) is 12.1 Å². The van der Waals surface area contributed by atoms with Crippen molar-refractivity contribution in [3.63, 3.8) is 0 Å². The van der Waals surface area contributed by atoms with E-state index in [0.717, 1.165) is 12.1 Å². The number of hydrogen-bond acceptors (Lipinski definition) is 3. The highest BCUT2D eigenvalue weighted by molar-refractivity contribution is 7.90. The molecule has 0 radical (unpaired) electrons. The van der Waals surface area contributed by atoms with Gasteiger partial charge in [-0.1, -0.05) is 0 Å². The summed E-state index contributed by atoms with van der Waals surface area (Å²) in [6.45, 7) is -0.603. The molecule has 0 unspecified atom stereocenters. The quantitative estimate of drug-likeness (QED) is 0.716. The minimum absolute atomic E-state index is 0.139. The van der Waals surface area contributed by atoms with E-state index in [-0.39, 0.29) is 11.3 Å². The Hall–Kier alpha value is -1.50. The third-order valence-electron chi connectivity index (χ3n) is 2.03. The van der Waals surface area contributed by atoms with Crippen LogP contribution in [0.2, 0.25) is 0 Å². The molecule has 2 rings (SSSR count). The molecule has 3 nitrogen and oxygen atoms in total. The minimum Gasteiger partial charge on any atom is -0.484 e. The summed E-state index contributed by atoms with van der Waals surface area (Å²) in [7, 11) is -4.90. The van der Waals surface area contributed by atoms with Gasteiger partial charge in [-0.3, -0.25) is 0 Å². The first-order valence-corrected chi connectivity index (χ1v) is 5.53. The van der Waals surface area contributed by atoms with E-state index in [2.05, 4.69) is 0 Å². The van der Waals surface area contributed by atoms with Gasteiger partial charge in [0, 0.05) is 11.6 Å². The molecule has 7 heteroatoms. The molecule has 0 saturated carbocycles. The van der Waals surface area contributed by atoms with Crippen molar-refractivity contribution < 1.29 is 25.8 Å². The fraction of sp³-hybridized carbons (Fsp3) is 0.111. The fourth-order valence-electron chi connectivity index (χ4n) is 1.34. The maximum atomic E-state index is 13.1. The number of hydrogen-bond donors (Lipinski definition) is 0. The Kier molecular flexibility index (Phi) is 2.42. The molecule has 0 atom stereocenters. The van der Waals surface area contributed by atoms with Crippen LogP contribution in [0.3, 0.4) is 0 Å². The molecule has 1 aromatic rings. The molecule has 1 heterocycles. The van der Waals surface area contributed by atoms with Crippen LogP contribution in [-0.4, -0.2) is 15.0 Å². The Morgan fingerprint density at radius 3 is 2.56 bits per heavy atom. The number of ether oxygens (including phenoxy) is 1. The van der Waals surface area contributed by atoms with Crippen LogP contribution in [0, 0.1) is 11.6 Å². The molecular formula is C9H5F3O3S. The van der Waals surface area contributed by atoms with E-state index >= 15 is 0 Å². The molecule has 1 aromatic carbocycles. The van der Waals surface area contributed by atoms with E-state index in [9.17, 15) is 21.1 Å². The lowest BCUT2D eigenvalue weighted by Gasteiger charge is -2.16. The summed E-state index contributed by atoms with van der Waals surface area (Å²) >= 11 is 0. The van der Waals surface area contributed by atoms with Crippen LogP contribution in [0.1, 0.15) is 5.56 Å². The Morgan fingerprint density at radius 2 is 1.94 bits per heavy atom. The molecule has 0 fully saturated rings. The number of fused-ring (bicyclic) bond motifs is 1. The Bertz CT molecular complexity index is 578. The van der Waals surface area contributed by atoms with Gasteiger partial charge >= 0.3 is 10.2 Å². The van der Waals surface area contributed by atoms with E-state index in [1.165, 1.54) is 0 Å². The summed E-state index contributed by atoms with van der Waals surface area (Å²) in [5.41, 5.74) is -0.139. The monoisotopic (exact) mass is 250 g/mol. The largest absolute Gasteiger partial charge is 0.484 e. The second kappa shape index (κ2) is 3.51. The molecule has 0 N–H and O–H groups in total. The summed E-state index contributed by atoms with van der Waals surface area (Å²) in [4.78, 5) is -0.662. The Balaban J connectivity index is 2.60. The Labute approximate surface area is 89.4 Å². The zero-order valence-electron chi connectivity index (χ0n) is 7.71. The van der Waals surface area contributed by atoms with Crippen LogP contribution in [0.4, 0.5) is 12.7 Å². The third-order valence-corrected chi connectivity index (χ3v) is 2.89. The van der Waals surface area contributed by atoms with Gasteiger partial charge in [0.15, 0.2) is 11.6 Å². The summed E-state index contributed by atoms with van der Waals surface area (Å²) in [5, 5.41) is 0. The molecule has 0 aliphatic carbocycles. The van der Waals surface area contributed by atoms with Gasteiger partial charge in [0.05, 0.1) is 0 Å². The van der Waals surface area contributed by atoms with Crippen molar-refractivity contribution >= 4 is 16.3 Å². The van der Waals surface area contributed by atoms with E-state index in [1.807, 2.05) is 0 Å². The lowest BCUT2D eigenvalue weighted by atomic mass is 10.1. The van der Waals surface area contributed by atoms with Crippen LogP contribution >= 0.6 is 0 Å². The summed E-state index contributed by atoms with van der Waals surface area (Å²) in [5.74, 6) is -2.14. The van der Waals surface area contributed by atoms with Gasteiger partial charge < -0.3 is 4.74 Å². The predicted octanol–water partition coefficient (Wildman–Crippen LogP) is 2.00. The van der Waals surface area contributed by atoms with Crippen LogP contribution in [0.15, 0.2) is 17.0 Å². The van der Waals surface area contributed by atoms with Crippen molar-refractivity contribution in [2.45, 2.75) is 0 Å². The van der Waals surface area contributed by atoms with Crippen LogP contribution < -0.4 is 4.74 Å². The average molecular weight is 250 g/mol. The SMILES string of the molecule is O=S(=O)(F)C1=Cc2cc(F)cc(F)c2OC1. The zero-order valence-corrected chi connectivity index (χ0v) is 8.52. The molecular weight excluding hydrogens is 245 g/mol. The smallest absolute Gasteiger partial charge is 0.331 e. The summed E-state index contributed by atoms with van der Waals surface area (Å²) in [6.07, 6.45) is 0.848. The first-order valence-electron chi connectivity index (χ1n) is 4.15. The van der Waals surface area contributed by atoms with E-state index in [4.69, 9.17) is 4.74 Å². The highest BCUT2D eigenvalue weighted by Crippen LogP contribution is 2.31. The molecule has 0 spiro atoms. The van der Waals surface area contributed by atoms with Gasteiger partial charge in [-0.15, -0.1) is 3.89 Å². The first kappa shape index (κ1) is 11.0. The molecule has 0 aromatic heterocycles. The highest BCUT2D eigenvalue weighted by atomic mass is 32.3. The Morgan fingerprint density at radius 1 is 1.25 bits per heavy atom. The van der Waals surface area contributed by atoms with Gasteiger partial charge in [-0.25, -0.2) is 8.78 Å². The molecule has 16 heavy (non-hydrogen) atoms. The van der Waals surface area contributed by atoms with Gasteiger partial charge in [0.1, 0.15) is 17.3 Å². The van der Waals surface area contributed by atoms with Gasteiger partial charge in [0.2, 0.25) is 0 Å². The lowest BCUT2D eigenvalue weighted by Crippen LogP contribution is -2.13. The van der Waals surface area contributed by atoms with E-state index in [1.54, 1.807) is 0 Å². The number of benzene rings is 1. The van der Waals surface area contributed by atoms with Crippen molar-refractivity contribution in [2.24, 2.45) is 0 Å². The normalized spacial score (nSPS) is 15.1. The molecule has 0 saturated heterocycles. The number of halogens is 3. The second-order valence-corrected chi connectivity index (χ2v) is 4.54. The summed E-state index contributed by atoms with van der Waals surface area (Å²) < 4.78 is 64.4. The van der Waals surface area contributed by atoms with Crippen LogP contribution in [-0.2, 0) is 10.2 Å². The molecule has 0 bridgehead atoms. The summed E-state index contributed by atoms with van der Waals surface area (Å²) in [6, 6.07) is 1.46. The third kappa shape index (κ3) is 1.90. The minimum atomic E-state index is -4.90. The first-order chi connectivity index (χ1) is 7.38. The standard InChI is InChI=1S/C9H5F3O3S/c10-6-1-5-2-7(16(12,13)14)4-15-9(5)8(11)3-6/h1-3H,4H2. The zero-order chi connectivity index (χ0) is 11.9. The van der Waals surface area contributed by atoms with Crippen LogP contribution in [0.25, 0.3) is 6.08 Å². The second-order valence-electron chi connectivity index (χ2n) is 3.14. The number of rotatable bonds is 1. The fourth-order valence-corrected chi connectivity index (χ4v) is 1.81. The van der Waals surface area contributed by atoms with Gasteiger partial charge in [0.25, 0.3) is 0 Å².